The Morgan fingerprint density at radius 2 is 1.85 bits per heavy atom. The van der Waals surface area contributed by atoms with Crippen molar-refractivity contribution < 1.29 is 18.7 Å². The fourth-order valence-corrected chi connectivity index (χ4v) is 1.99. The van der Waals surface area contributed by atoms with Crippen molar-refractivity contribution in [2.45, 2.75) is 0 Å². The number of halogens is 3. The van der Waals surface area contributed by atoms with Gasteiger partial charge in [0.25, 0.3) is 5.91 Å². The summed E-state index contributed by atoms with van der Waals surface area (Å²) in [6, 6.07) is 6.15. The molecule has 2 aromatic rings. The highest BCUT2D eigenvalue weighted by atomic mass is 79.9. The average molecular weight is 343 g/mol. The predicted molar refractivity (Wildman–Crippen MR) is 74.5 cm³/mol. The molecular formula is C13H9BrF2N2O2. The summed E-state index contributed by atoms with van der Waals surface area (Å²) in [6.45, 7) is 0. The first-order chi connectivity index (χ1) is 9.40. The van der Waals surface area contributed by atoms with Gasteiger partial charge in [-0.05, 0) is 24.3 Å². The smallest absolute Gasteiger partial charge is 0.259 e. The SMILES string of the molecule is Nc1cccc(C(=O)Nc2c(F)cc(Br)cc2F)c1O. The molecule has 20 heavy (non-hydrogen) atoms. The first-order valence-corrected chi connectivity index (χ1v) is 6.23. The van der Waals surface area contributed by atoms with Crippen molar-refractivity contribution in [1.82, 2.24) is 0 Å². The van der Waals surface area contributed by atoms with Crippen LogP contribution in [-0.2, 0) is 0 Å². The Labute approximate surface area is 121 Å². The molecule has 2 rings (SSSR count). The summed E-state index contributed by atoms with van der Waals surface area (Å²) in [5.41, 5.74) is 4.67. The molecule has 0 saturated heterocycles. The van der Waals surface area contributed by atoms with Crippen molar-refractivity contribution in [1.29, 1.82) is 0 Å². The molecule has 0 heterocycles. The molecule has 0 saturated carbocycles. The number of nitrogen functional groups attached to an aromatic ring is 1. The van der Waals surface area contributed by atoms with Crippen molar-refractivity contribution in [2.75, 3.05) is 11.1 Å². The number of phenolic OH excluding ortho intramolecular Hbond substituents is 1. The van der Waals surface area contributed by atoms with Crippen LogP contribution in [0.1, 0.15) is 10.4 Å². The number of para-hydroxylation sites is 1. The molecular weight excluding hydrogens is 334 g/mol. The lowest BCUT2D eigenvalue weighted by Crippen LogP contribution is -2.15. The summed E-state index contributed by atoms with van der Waals surface area (Å²) < 4.78 is 27.4. The quantitative estimate of drug-likeness (QED) is 0.579. The Balaban J connectivity index is 2.36. The van der Waals surface area contributed by atoms with E-state index in [0.29, 0.717) is 0 Å². The Hall–Kier alpha value is -2.15. The highest BCUT2D eigenvalue weighted by Gasteiger charge is 2.17. The number of nitrogens with one attached hydrogen (secondary N) is 1. The van der Waals surface area contributed by atoms with Gasteiger partial charge in [-0.1, -0.05) is 22.0 Å². The van der Waals surface area contributed by atoms with Crippen molar-refractivity contribution in [3.63, 3.8) is 0 Å². The van der Waals surface area contributed by atoms with Gasteiger partial charge in [-0.2, -0.15) is 0 Å². The Bertz CT molecular complexity index is 669. The number of carbonyl (C=O) groups excluding carboxylic acids is 1. The minimum atomic E-state index is -0.936. The van der Waals surface area contributed by atoms with Gasteiger partial charge in [0.2, 0.25) is 0 Å². The number of hydrogen-bond acceptors (Lipinski definition) is 3. The van der Waals surface area contributed by atoms with Crippen LogP contribution in [0.15, 0.2) is 34.8 Å². The number of hydrogen-bond donors (Lipinski definition) is 3. The summed E-state index contributed by atoms with van der Waals surface area (Å²) in [4.78, 5) is 11.9. The van der Waals surface area contributed by atoms with Gasteiger partial charge < -0.3 is 16.2 Å². The maximum atomic E-state index is 13.6. The van der Waals surface area contributed by atoms with E-state index in [0.717, 1.165) is 12.1 Å². The van der Waals surface area contributed by atoms with Gasteiger partial charge in [0.05, 0.1) is 11.3 Å². The van der Waals surface area contributed by atoms with Crippen molar-refractivity contribution in [2.24, 2.45) is 0 Å². The molecule has 0 aliphatic rings. The second-order valence-electron chi connectivity index (χ2n) is 3.94. The third kappa shape index (κ3) is 2.72. The molecule has 0 aliphatic heterocycles. The maximum absolute atomic E-state index is 13.6. The van der Waals surface area contributed by atoms with Gasteiger partial charge in [-0.25, -0.2) is 8.78 Å². The van der Waals surface area contributed by atoms with Gasteiger partial charge in [0, 0.05) is 4.47 Å². The lowest BCUT2D eigenvalue weighted by Gasteiger charge is -2.10. The number of nitrogens with two attached hydrogens (primary N) is 1. The van der Waals surface area contributed by atoms with Gasteiger partial charge in [0.1, 0.15) is 5.69 Å². The summed E-state index contributed by atoms with van der Waals surface area (Å²) in [5, 5.41) is 11.7. The van der Waals surface area contributed by atoms with Gasteiger partial charge in [-0.15, -0.1) is 0 Å². The maximum Gasteiger partial charge on any atom is 0.259 e. The van der Waals surface area contributed by atoms with Crippen LogP contribution in [-0.4, -0.2) is 11.0 Å². The highest BCUT2D eigenvalue weighted by Crippen LogP contribution is 2.27. The van der Waals surface area contributed by atoms with Crippen LogP contribution in [0, 0.1) is 11.6 Å². The van der Waals surface area contributed by atoms with Gasteiger partial charge in [-0.3, -0.25) is 4.79 Å². The number of benzene rings is 2. The molecule has 2 aromatic carbocycles. The van der Waals surface area contributed by atoms with Crippen molar-refractivity contribution in [3.8, 4) is 5.75 Å². The van der Waals surface area contributed by atoms with Crippen LogP contribution >= 0.6 is 15.9 Å². The zero-order valence-corrected chi connectivity index (χ0v) is 11.5. The van der Waals surface area contributed by atoms with E-state index in [1.54, 1.807) is 0 Å². The zero-order valence-electron chi connectivity index (χ0n) is 9.95. The fraction of sp³-hybridized carbons (Fsp3) is 0. The first kappa shape index (κ1) is 14.3. The van der Waals surface area contributed by atoms with Crippen LogP contribution < -0.4 is 11.1 Å². The summed E-state index contributed by atoms with van der Waals surface area (Å²) in [5.74, 6) is -3.18. The number of anilines is 2. The molecule has 0 aromatic heterocycles. The van der Waals surface area contributed by atoms with Crippen molar-refractivity contribution >= 4 is 33.2 Å². The third-order valence-electron chi connectivity index (χ3n) is 2.56. The second-order valence-corrected chi connectivity index (χ2v) is 4.86. The highest BCUT2D eigenvalue weighted by molar-refractivity contribution is 9.10. The lowest BCUT2D eigenvalue weighted by atomic mass is 10.1. The van der Waals surface area contributed by atoms with Gasteiger partial charge in [0.15, 0.2) is 17.4 Å². The van der Waals surface area contributed by atoms with Gasteiger partial charge >= 0.3 is 0 Å². The molecule has 4 N–H and O–H groups in total. The standard InChI is InChI=1S/C13H9BrF2N2O2/c14-6-4-8(15)11(9(16)5-6)18-13(20)7-2-1-3-10(17)12(7)19/h1-5,19H,17H2,(H,18,20). The monoisotopic (exact) mass is 342 g/mol. The Morgan fingerprint density at radius 1 is 1.25 bits per heavy atom. The molecule has 1 amide bonds. The molecule has 0 atom stereocenters. The Kier molecular flexibility index (Phi) is 3.89. The van der Waals surface area contributed by atoms with E-state index in [9.17, 15) is 18.7 Å². The molecule has 0 radical (unpaired) electrons. The van der Waals surface area contributed by atoms with E-state index < -0.39 is 29.0 Å². The molecule has 0 fully saturated rings. The van der Waals surface area contributed by atoms with E-state index in [1.807, 2.05) is 0 Å². The molecule has 0 unspecified atom stereocenters. The molecule has 0 bridgehead atoms. The minimum absolute atomic E-state index is 0.00519. The van der Waals surface area contributed by atoms with Crippen LogP contribution in [0.3, 0.4) is 0 Å². The van der Waals surface area contributed by atoms with Crippen LogP contribution in [0.5, 0.6) is 5.75 Å². The molecule has 0 aliphatic carbocycles. The summed E-state index contributed by atoms with van der Waals surface area (Å²) in [6.07, 6.45) is 0. The van der Waals surface area contributed by atoms with E-state index in [-0.39, 0.29) is 15.7 Å². The number of phenols is 1. The molecule has 0 spiro atoms. The van der Waals surface area contributed by atoms with E-state index >= 15 is 0 Å². The van der Waals surface area contributed by atoms with E-state index in [1.165, 1.54) is 18.2 Å². The summed E-state index contributed by atoms with van der Waals surface area (Å²) >= 11 is 2.93. The minimum Gasteiger partial charge on any atom is -0.505 e. The number of carbonyl (C=O) groups is 1. The van der Waals surface area contributed by atoms with Crippen LogP contribution in [0.2, 0.25) is 0 Å². The topological polar surface area (TPSA) is 75.4 Å². The first-order valence-electron chi connectivity index (χ1n) is 5.43. The largest absolute Gasteiger partial charge is 0.505 e. The lowest BCUT2D eigenvalue weighted by molar-refractivity contribution is 0.102. The normalized spacial score (nSPS) is 10.3. The zero-order chi connectivity index (χ0) is 14.9. The fourth-order valence-electron chi connectivity index (χ4n) is 1.59. The average Bonchev–Trinajstić information content (AvgIpc) is 2.36. The number of rotatable bonds is 2. The van der Waals surface area contributed by atoms with Crippen LogP contribution in [0.4, 0.5) is 20.2 Å². The summed E-state index contributed by atoms with van der Waals surface area (Å²) in [7, 11) is 0. The van der Waals surface area contributed by atoms with Crippen LogP contribution in [0.25, 0.3) is 0 Å². The van der Waals surface area contributed by atoms with E-state index in [4.69, 9.17) is 5.73 Å². The molecule has 7 heteroatoms. The molecule has 4 nitrogen and oxygen atoms in total. The predicted octanol–water partition coefficient (Wildman–Crippen LogP) is 3.27. The second kappa shape index (κ2) is 5.46. The van der Waals surface area contributed by atoms with E-state index in [2.05, 4.69) is 21.2 Å². The third-order valence-corrected chi connectivity index (χ3v) is 3.02. The number of aromatic hydroxyl groups is 1. The van der Waals surface area contributed by atoms with Crippen molar-refractivity contribution in [3.05, 3.63) is 52.0 Å². The Morgan fingerprint density at radius 3 is 2.45 bits per heavy atom. The number of amides is 1. The molecule has 104 valence electrons.